The van der Waals surface area contributed by atoms with E-state index < -0.39 is 5.41 Å². The van der Waals surface area contributed by atoms with E-state index in [0.29, 0.717) is 0 Å². The van der Waals surface area contributed by atoms with E-state index in [1.54, 1.807) is 0 Å². The lowest BCUT2D eigenvalue weighted by molar-refractivity contribution is 0.589. The van der Waals surface area contributed by atoms with Crippen molar-refractivity contribution in [3.8, 4) is 50.2 Å². The standard InChI is InChI=1S/C105H94BN3O/c1-100(2,3)68-46-41-65(42-47-68)81-58-72(102(7,8)9)50-55-90(81)108-92-54-45-67(76-36-28-37-80-79-35-24-27-40-97(79)110-99(76)80)57-88(92)106-87-53-52-75(62-94(87)109(96-61-74(104(13,14)15)60-95(108)98(96)106)91-56-51-73(103(10,11)12)59-82(91)66-43-48-69(49-44-66)101(4,5)6)107-89-39-26-23-34-78(89)84-63-83-77-33-22-25-38-85(77)105(86(83)64-93(84)107,70-29-18-16-19-30-70)71-31-20-17-21-32-71/h16-64H,1-15H3. The Bertz CT molecular complexity index is 6370. The number of aromatic nitrogens is 1. The van der Waals surface area contributed by atoms with Gasteiger partial charge in [0.1, 0.15) is 11.2 Å². The highest BCUT2D eigenvalue weighted by atomic mass is 16.3. The maximum absolute atomic E-state index is 7.00. The first-order chi connectivity index (χ1) is 52.7. The Labute approximate surface area is 649 Å². The van der Waals surface area contributed by atoms with E-state index in [2.05, 4.69) is 415 Å². The summed E-state index contributed by atoms with van der Waals surface area (Å²) in [6, 6.07) is 115. The minimum Gasteiger partial charge on any atom is -0.455 e. The summed E-state index contributed by atoms with van der Waals surface area (Å²) in [6.07, 6.45) is 0. The average Bonchev–Trinajstić information content (AvgIpc) is 1.30. The van der Waals surface area contributed by atoms with Crippen molar-refractivity contribution in [2.75, 3.05) is 9.80 Å². The molecule has 0 unspecified atom stereocenters. The van der Waals surface area contributed by atoms with Crippen LogP contribution in [0.25, 0.3) is 93.9 Å². The van der Waals surface area contributed by atoms with E-state index in [4.69, 9.17) is 4.42 Å². The first-order valence-electron chi connectivity index (χ1n) is 39.5. The number of hydrogen-bond donors (Lipinski definition) is 0. The van der Waals surface area contributed by atoms with E-state index in [-0.39, 0.29) is 33.8 Å². The van der Waals surface area contributed by atoms with Crippen LogP contribution in [0.5, 0.6) is 0 Å². The molecule has 0 saturated heterocycles. The van der Waals surface area contributed by atoms with Crippen molar-refractivity contribution in [1.29, 1.82) is 0 Å². The molecule has 5 heteroatoms. The summed E-state index contributed by atoms with van der Waals surface area (Å²) in [5.41, 5.74) is 35.4. The highest BCUT2D eigenvalue weighted by Crippen LogP contribution is 2.59. The molecule has 14 aromatic carbocycles. The molecule has 0 bridgehead atoms. The lowest BCUT2D eigenvalue weighted by atomic mass is 9.33. The van der Waals surface area contributed by atoms with Crippen LogP contribution in [0.15, 0.2) is 302 Å². The zero-order chi connectivity index (χ0) is 75.9. The van der Waals surface area contributed by atoms with Gasteiger partial charge in [0, 0.05) is 66.7 Å². The largest absolute Gasteiger partial charge is 0.455 e. The summed E-state index contributed by atoms with van der Waals surface area (Å²) < 4.78 is 9.59. The number of para-hydroxylation sites is 3. The molecule has 110 heavy (non-hydrogen) atoms. The smallest absolute Gasteiger partial charge is 0.252 e. The van der Waals surface area contributed by atoms with Gasteiger partial charge in [-0.05, 0) is 200 Å². The second-order valence-corrected chi connectivity index (χ2v) is 36.5. The van der Waals surface area contributed by atoms with Crippen LogP contribution in [0.4, 0.5) is 34.1 Å². The van der Waals surface area contributed by atoms with E-state index in [1.807, 2.05) is 0 Å². The predicted octanol–water partition coefficient (Wildman–Crippen LogP) is 26.6. The van der Waals surface area contributed by atoms with Gasteiger partial charge in [-0.2, -0.15) is 0 Å². The highest BCUT2D eigenvalue weighted by Gasteiger charge is 2.49. The van der Waals surface area contributed by atoms with Crippen LogP contribution in [0.3, 0.4) is 0 Å². The van der Waals surface area contributed by atoms with E-state index >= 15 is 0 Å². The number of anilines is 6. The van der Waals surface area contributed by atoms with Crippen LogP contribution in [-0.4, -0.2) is 11.3 Å². The Hall–Kier alpha value is -11.7. The van der Waals surface area contributed by atoms with Crippen LogP contribution in [0, 0.1) is 0 Å². The SMILES string of the molecule is CC(C)(C)c1ccc(-c2cc(C(C)(C)C)ccc2N2c3ccc(-c4cccc5c4oc4ccccc45)cc3B3c4ccc(-n5c6ccccc6c6cc7c(cc65)C(c5ccccc5)(c5ccccc5)c5ccccc5-7)cc4N(c4ccc(C(C)(C)C)cc4-c4ccc(C(C)(C)C)cc4)c4cc(C(C)(C)C)cc2c43)cc1. The molecule has 2 aliphatic heterocycles. The minimum absolute atomic E-state index is 0.0209. The molecule has 4 heterocycles. The molecule has 0 amide bonds. The van der Waals surface area contributed by atoms with Gasteiger partial charge in [0.25, 0.3) is 6.71 Å². The third-order valence-electron chi connectivity index (χ3n) is 24.5. The Morgan fingerprint density at radius 2 is 0.773 bits per heavy atom. The summed E-state index contributed by atoms with van der Waals surface area (Å²) in [4.78, 5) is 5.37. The molecule has 3 aliphatic rings. The van der Waals surface area contributed by atoms with Crippen LogP contribution < -0.4 is 26.2 Å². The minimum atomic E-state index is -0.604. The second kappa shape index (κ2) is 24.7. The lowest BCUT2D eigenvalue weighted by Gasteiger charge is -2.46. The van der Waals surface area contributed by atoms with Gasteiger partial charge < -0.3 is 18.8 Å². The van der Waals surface area contributed by atoms with Crippen molar-refractivity contribution in [1.82, 2.24) is 4.57 Å². The third kappa shape index (κ3) is 10.8. The molecule has 1 aliphatic carbocycles. The quantitative estimate of drug-likeness (QED) is 0.142. The number of furan rings is 1. The van der Waals surface area contributed by atoms with Crippen molar-refractivity contribution >= 4 is 101 Å². The number of rotatable bonds is 8. The molecule has 538 valence electrons. The predicted molar refractivity (Wildman–Crippen MR) is 469 cm³/mol. The van der Waals surface area contributed by atoms with Gasteiger partial charge in [0.2, 0.25) is 0 Å². The van der Waals surface area contributed by atoms with E-state index in [1.165, 1.54) is 116 Å². The Morgan fingerprint density at radius 3 is 1.36 bits per heavy atom. The first-order valence-corrected chi connectivity index (χ1v) is 39.5. The van der Waals surface area contributed by atoms with Gasteiger partial charge >= 0.3 is 0 Å². The van der Waals surface area contributed by atoms with Crippen molar-refractivity contribution in [2.24, 2.45) is 0 Å². The Balaban J connectivity index is 0.941. The van der Waals surface area contributed by atoms with Gasteiger partial charge in [0.05, 0.1) is 27.8 Å². The number of nitrogens with zero attached hydrogens (tertiary/aromatic N) is 3. The molecule has 2 aromatic heterocycles. The molecule has 19 rings (SSSR count). The number of hydrogen-bond acceptors (Lipinski definition) is 3. The summed E-state index contributed by atoms with van der Waals surface area (Å²) >= 11 is 0. The molecule has 0 atom stereocenters. The van der Waals surface area contributed by atoms with Crippen LogP contribution >= 0.6 is 0 Å². The van der Waals surface area contributed by atoms with E-state index in [9.17, 15) is 0 Å². The fourth-order valence-electron chi connectivity index (χ4n) is 18.6. The highest BCUT2D eigenvalue weighted by molar-refractivity contribution is 7.00. The molecule has 0 fully saturated rings. The zero-order valence-electron chi connectivity index (χ0n) is 66.1. The summed E-state index contributed by atoms with van der Waals surface area (Å²) in [5.74, 6) is 0. The van der Waals surface area contributed by atoms with Gasteiger partial charge in [-0.1, -0.05) is 322 Å². The van der Waals surface area contributed by atoms with E-state index in [0.717, 1.165) is 78.2 Å². The molecule has 0 N–H and O–H groups in total. The summed E-state index contributed by atoms with van der Waals surface area (Å²) in [5, 5.41) is 4.66. The van der Waals surface area contributed by atoms with Crippen LogP contribution in [-0.2, 0) is 32.5 Å². The zero-order valence-corrected chi connectivity index (χ0v) is 66.1. The fourth-order valence-corrected chi connectivity index (χ4v) is 18.6. The molecule has 16 aromatic rings. The normalized spacial score (nSPS) is 14.0. The molecule has 4 nitrogen and oxygen atoms in total. The maximum Gasteiger partial charge on any atom is 0.252 e. The lowest BCUT2D eigenvalue weighted by Crippen LogP contribution is -2.61. The van der Waals surface area contributed by atoms with Crippen molar-refractivity contribution in [2.45, 2.75) is 136 Å². The van der Waals surface area contributed by atoms with Crippen LogP contribution in [0.1, 0.15) is 154 Å². The fraction of sp³-hybridized carbons (Fsp3) is 0.200. The maximum atomic E-state index is 7.00. The van der Waals surface area contributed by atoms with Gasteiger partial charge in [-0.15, -0.1) is 0 Å². The monoisotopic (exact) mass is 1420 g/mol. The Kier molecular flexibility index (Phi) is 15.4. The van der Waals surface area contributed by atoms with Crippen molar-refractivity contribution in [3.05, 3.63) is 347 Å². The first kappa shape index (κ1) is 68.8. The van der Waals surface area contributed by atoms with Gasteiger partial charge in [-0.3, -0.25) is 0 Å². The summed E-state index contributed by atoms with van der Waals surface area (Å²) in [7, 11) is 0. The summed E-state index contributed by atoms with van der Waals surface area (Å²) in [6.45, 7) is 34.9. The molecule has 0 radical (unpaired) electrons. The molecular weight excluding hydrogens is 1330 g/mol. The van der Waals surface area contributed by atoms with Crippen molar-refractivity contribution in [3.63, 3.8) is 0 Å². The Morgan fingerprint density at radius 1 is 0.282 bits per heavy atom. The topological polar surface area (TPSA) is 24.6 Å². The number of benzene rings is 14. The van der Waals surface area contributed by atoms with Crippen molar-refractivity contribution < 1.29 is 4.42 Å². The second-order valence-electron chi connectivity index (χ2n) is 36.5. The number of fused-ring (bicyclic) bond motifs is 13. The van der Waals surface area contributed by atoms with Gasteiger partial charge in [-0.25, -0.2) is 0 Å². The molecular formula is C105H94BN3O. The third-order valence-corrected chi connectivity index (χ3v) is 24.5. The average molecular weight is 1420 g/mol. The van der Waals surface area contributed by atoms with Gasteiger partial charge in [0.15, 0.2) is 0 Å². The van der Waals surface area contributed by atoms with Crippen LogP contribution in [0.2, 0.25) is 0 Å². The molecule has 0 saturated carbocycles. The molecule has 0 spiro atoms.